The number of benzene rings is 2. The van der Waals surface area contributed by atoms with Crippen molar-refractivity contribution in [3.05, 3.63) is 52.6 Å². The first-order valence-electron chi connectivity index (χ1n) is 6.71. The lowest BCUT2D eigenvalue weighted by Gasteiger charge is -2.22. The normalized spacial score (nSPS) is 11.4. The summed E-state index contributed by atoms with van der Waals surface area (Å²) in [5, 5.41) is 13.9. The van der Waals surface area contributed by atoms with Gasteiger partial charge in [0.15, 0.2) is 5.75 Å². The molecule has 21 heavy (non-hydrogen) atoms. The third kappa shape index (κ3) is 2.69. The van der Waals surface area contributed by atoms with Crippen molar-refractivity contribution in [1.29, 1.82) is 0 Å². The molecule has 0 N–H and O–H groups in total. The van der Waals surface area contributed by atoms with Gasteiger partial charge in [-0.1, -0.05) is 49.6 Å². The molecule has 0 aliphatic rings. The van der Waals surface area contributed by atoms with E-state index >= 15 is 0 Å². The summed E-state index contributed by atoms with van der Waals surface area (Å²) >= 11 is 0. The Morgan fingerprint density at radius 2 is 1.81 bits per heavy atom. The zero-order chi connectivity index (χ0) is 15.8. The van der Waals surface area contributed by atoms with Crippen molar-refractivity contribution < 1.29 is 9.66 Å². The second-order valence-electron chi connectivity index (χ2n) is 6.01. The molecule has 0 amide bonds. The number of hydrogen-bond acceptors (Lipinski definition) is 3. The van der Waals surface area contributed by atoms with Gasteiger partial charge in [0, 0.05) is 0 Å². The molecular weight excluding hydrogens is 282 g/mol. The minimum Gasteiger partial charge on any atom is -0.490 e. The minimum absolute atomic E-state index is 0.0141. The zero-order valence-corrected chi connectivity index (χ0v) is 13.8. The first-order chi connectivity index (χ1) is 9.77. The van der Waals surface area contributed by atoms with Crippen LogP contribution in [0.5, 0.6) is 5.75 Å². The molecule has 5 heteroatoms. The predicted molar refractivity (Wildman–Crippen MR) is 89.5 cm³/mol. The van der Waals surface area contributed by atoms with Crippen molar-refractivity contribution in [2.24, 2.45) is 0 Å². The van der Waals surface area contributed by atoms with Crippen molar-refractivity contribution in [1.82, 2.24) is 0 Å². The van der Waals surface area contributed by atoms with Crippen LogP contribution in [-0.4, -0.2) is 20.1 Å². The molecular formula is C16H19NO3Si. The molecule has 2 aromatic rings. The van der Waals surface area contributed by atoms with E-state index in [1.54, 1.807) is 18.2 Å². The molecule has 0 bridgehead atoms. The van der Waals surface area contributed by atoms with Gasteiger partial charge in [0.25, 0.3) is 0 Å². The van der Waals surface area contributed by atoms with Gasteiger partial charge in [0.1, 0.15) is 0 Å². The van der Waals surface area contributed by atoms with Crippen molar-refractivity contribution in [2.75, 3.05) is 7.11 Å². The largest absolute Gasteiger partial charge is 0.490 e. The third-order valence-corrected chi connectivity index (χ3v) is 5.69. The van der Waals surface area contributed by atoms with Crippen LogP contribution in [0.25, 0.3) is 16.0 Å². The highest BCUT2D eigenvalue weighted by Gasteiger charge is 2.26. The number of fused-ring (bicyclic) bond motifs is 1. The average molecular weight is 301 g/mol. The van der Waals surface area contributed by atoms with Crippen LogP contribution >= 0.6 is 0 Å². The molecule has 0 spiro atoms. The Morgan fingerprint density at radius 1 is 1.24 bits per heavy atom. The smallest absolute Gasteiger partial charge is 0.318 e. The Morgan fingerprint density at radius 3 is 2.29 bits per heavy atom. The molecule has 0 saturated heterocycles. The summed E-state index contributed by atoms with van der Waals surface area (Å²) in [6.07, 6.45) is 0. The molecule has 0 unspecified atom stereocenters. The molecule has 2 aromatic carbocycles. The number of methoxy groups -OCH3 is 1. The maximum Gasteiger partial charge on any atom is 0.318 e. The summed E-state index contributed by atoms with van der Waals surface area (Å²) in [5.41, 5.74) is 0.965. The van der Waals surface area contributed by atoms with E-state index in [0.29, 0.717) is 5.39 Å². The number of hydrogen-bond donors (Lipinski definition) is 0. The van der Waals surface area contributed by atoms with Crippen LogP contribution in [0.2, 0.25) is 19.6 Å². The third-order valence-electron chi connectivity index (χ3n) is 3.61. The highest BCUT2D eigenvalue weighted by Crippen LogP contribution is 2.41. The second-order valence-corrected chi connectivity index (χ2v) is 11.1. The van der Waals surface area contributed by atoms with Crippen LogP contribution in [0.1, 0.15) is 5.56 Å². The molecule has 0 aliphatic carbocycles. The van der Waals surface area contributed by atoms with E-state index in [2.05, 4.69) is 26.2 Å². The molecule has 2 rings (SSSR count). The molecule has 0 aliphatic heterocycles. The lowest BCUT2D eigenvalue weighted by molar-refractivity contribution is -0.383. The lowest BCUT2D eigenvalue weighted by atomic mass is 10.0. The Bertz CT molecular complexity index is 732. The topological polar surface area (TPSA) is 52.4 Å². The lowest BCUT2D eigenvalue weighted by Crippen LogP contribution is -2.22. The van der Waals surface area contributed by atoms with Crippen molar-refractivity contribution >= 4 is 29.7 Å². The highest BCUT2D eigenvalue weighted by molar-refractivity contribution is 6.93. The molecule has 0 aromatic heterocycles. The van der Waals surface area contributed by atoms with Crippen LogP contribution in [0, 0.1) is 10.1 Å². The van der Waals surface area contributed by atoms with Crippen molar-refractivity contribution in [3.63, 3.8) is 0 Å². The first kappa shape index (κ1) is 15.2. The van der Waals surface area contributed by atoms with Gasteiger partial charge in [-0.2, -0.15) is 0 Å². The van der Waals surface area contributed by atoms with Gasteiger partial charge in [-0.25, -0.2) is 0 Å². The van der Waals surface area contributed by atoms with E-state index in [1.807, 2.05) is 12.1 Å². The van der Waals surface area contributed by atoms with Gasteiger partial charge in [0.05, 0.1) is 25.5 Å². The number of nitro groups is 1. The fourth-order valence-corrected chi connectivity index (χ4v) is 3.35. The van der Waals surface area contributed by atoms with Gasteiger partial charge in [-0.15, -0.1) is 0 Å². The molecule has 0 fully saturated rings. The van der Waals surface area contributed by atoms with Gasteiger partial charge in [-0.05, 0) is 23.1 Å². The molecule has 0 atom stereocenters. The minimum atomic E-state index is -1.62. The monoisotopic (exact) mass is 301 g/mol. The van der Waals surface area contributed by atoms with Crippen LogP contribution in [0.3, 0.4) is 0 Å². The fourth-order valence-electron chi connectivity index (χ4n) is 2.33. The quantitative estimate of drug-likeness (QED) is 0.469. The fraction of sp³-hybridized carbons (Fsp3) is 0.250. The van der Waals surface area contributed by atoms with Crippen LogP contribution < -0.4 is 4.74 Å². The van der Waals surface area contributed by atoms with Crippen LogP contribution in [-0.2, 0) is 0 Å². The van der Waals surface area contributed by atoms with Crippen LogP contribution in [0.15, 0.2) is 36.9 Å². The van der Waals surface area contributed by atoms with Gasteiger partial charge in [0.2, 0.25) is 0 Å². The first-order valence-corrected chi connectivity index (χ1v) is 10.2. The summed E-state index contributed by atoms with van der Waals surface area (Å²) in [6, 6.07) is 9.11. The number of nitrogens with zero attached hydrogens (tertiary/aromatic N) is 1. The van der Waals surface area contributed by atoms with Crippen molar-refractivity contribution in [2.45, 2.75) is 19.6 Å². The predicted octanol–water partition coefficient (Wildman–Crippen LogP) is 4.65. The SMILES string of the molecule is C=C(c1cc(OC)c([N+](=O)[O-])c2ccccc12)[Si](C)(C)C. The Balaban J connectivity index is 2.89. The van der Waals surface area contributed by atoms with E-state index in [4.69, 9.17) is 4.74 Å². The Kier molecular flexibility index (Phi) is 3.87. The van der Waals surface area contributed by atoms with Gasteiger partial charge < -0.3 is 4.74 Å². The molecule has 110 valence electrons. The number of nitro benzene ring substituents is 1. The highest BCUT2D eigenvalue weighted by atomic mass is 28.3. The Labute approximate surface area is 125 Å². The summed E-state index contributed by atoms with van der Waals surface area (Å²) < 4.78 is 5.25. The maximum absolute atomic E-state index is 11.4. The summed E-state index contributed by atoms with van der Waals surface area (Å²) in [7, 11) is -0.162. The van der Waals surface area contributed by atoms with Crippen LogP contribution in [0.4, 0.5) is 5.69 Å². The standard InChI is InChI=1S/C16H19NO3Si/c1-11(21(3,4)5)14-10-15(20-2)16(17(18)19)13-9-7-6-8-12(13)14/h6-10H,1H2,2-5H3. The number of rotatable bonds is 4. The molecule has 0 heterocycles. The average Bonchev–Trinajstić information content (AvgIpc) is 2.43. The van der Waals surface area contributed by atoms with E-state index in [0.717, 1.165) is 16.1 Å². The zero-order valence-electron chi connectivity index (χ0n) is 12.8. The molecule has 0 saturated carbocycles. The van der Waals surface area contributed by atoms with Gasteiger partial charge in [-0.3, -0.25) is 10.1 Å². The summed E-state index contributed by atoms with van der Waals surface area (Å²) in [5.74, 6) is 0.285. The van der Waals surface area contributed by atoms with Gasteiger partial charge >= 0.3 is 5.69 Å². The van der Waals surface area contributed by atoms with Crippen molar-refractivity contribution in [3.8, 4) is 5.75 Å². The second kappa shape index (κ2) is 5.33. The molecule has 4 nitrogen and oxygen atoms in total. The maximum atomic E-state index is 11.4. The Hall–Kier alpha value is -2.14. The summed E-state index contributed by atoms with van der Waals surface area (Å²) in [6.45, 7) is 10.9. The van der Waals surface area contributed by atoms with E-state index in [-0.39, 0.29) is 16.4 Å². The number of ether oxygens (including phenoxy) is 1. The summed E-state index contributed by atoms with van der Waals surface area (Å²) in [4.78, 5) is 11.0. The van der Waals surface area contributed by atoms with E-state index in [1.165, 1.54) is 7.11 Å². The van der Waals surface area contributed by atoms with E-state index < -0.39 is 8.07 Å². The van der Waals surface area contributed by atoms with E-state index in [9.17, 15) is 10.1 Å². The molecule has 0 radical (unpaired) electrons.